The zero-order valence-electron chi connectivity index (χ0n) is 11.8. The first kappa shape index (κ1) is 14.1. The Labute approximate surface area is 127 Å². The molecule has 1 saturated carbocycles. The van der Waals surface area contributed by atoms with Crippen LogP contribution in [0.1, 0.15) is 28.1 Å². The van der Waals surface area contributed by atoms with E-state index < -0.39 is 5.82 Å². The maximum atomic E-state index is 13.8. The highest BCUT2D eigenvalue weighted by Gasteiger charge is 2.34. The molecule has 1 amide bonds. The first-order chi connectivity index (χ1) is 10.2. The highest BCUT2D eigenvalue weighted by molar-refractivity contribution is 7.09. The minimum atomic E-state index is -0.393. The Morgan fingerprint density at radius 2 is 2.19 bits per heavy atom. The van der Waals surface area contributed by atoms with E-state index in [0.29, 0.717) is 12.1 Å². The average molecular weight is 304 g/mol. The minimum absolute atomic E-state index is 0.102. The van der Waals surface area contributed by atoms with Gasteiger partial charge in [-0.1, -0.05) is 12.1 Å². The maximum absolute atomic E-state index is 13.8. The number of nitrogens with zero attached hydrogens (tertiary/aromatic N) is 1. The molecule has 3 rings (SSSR count). The van der Waals surface area contributed by atoms with Crippen molar-refractivity contribution in [2.24, 2.45) is 0 Å². The van der Waals surface area contributed by atoms with E-state index in [0.717, 1.165) is 17.7 Å². The molecule has 110 valence electrons. The van der Waals surface area contributed by atoms with Crippen LogP contribution in [0, 0.1) is 5.82 Å². The van der Waals surface area contributed by atoms with Crippen LogP contribution in [-0.4, -0.2) is 23.9 Å². The third kappa shape index (κ3) is 2.93. The van der Waals surface area contributed by atoms with Gasteiger partial charge in [-0.3, -0.25) is 4.79 Å². The monoisotopic (exact) mass is 304 g/mol. The second-order valence-corrected chi connectivity index (χ2v) is 6.19. The number of amides is 1. The van der Waals surface area contributed by atoms with E-state index >= 15 is 0 Å². The van der Waals surface area contributed by atoms with Crippen LogP contribution >= 0.6 is 11.3 Å². The fourth-order valence-corrected chi connectivity index (χ4v) is 3.14. The Hall–Kier alpha value is -1.88. The maximum Gasteiger partial charge on any atom is 0.256 e. The van der Waals surface area contributed by atoms with Crippen molar-refractivity contribution in [3.8, 4) is 0 Å². The minimum Gasteiger partial charge on any atom is -0.385 e. The van der Waals surface area contributed by atoms with Gasteiger partial charge >= 0.3 is 0 Å². The van der Waals surface area contributed by atoms with E-state index in [1.165, 1.54) is 6.07 Å². The number of rotatable bonds is 5. The van der Waals surface area contributed by atoms with Gasteiger partial charge in [0.1, 0.15) is 5.82 Å². The number of carbonyl (C=O) groups excluding carboxylic acids is 1. The summed E-state index contributed by atoms with van der Waals surface area (Å²) in [6.45, 7) is 0.598. The lowest BCUT2D eigenvalue weighted by Crippen LogP contribution is -2.32. The Morgan fingerprint density at radius 1 is 1.38 bits per heavy atom. The highest BCUT2D eigenvalue weighted by Crippen LogP contribution is 2.32. The number of anilines is 1. The van der Waals surface area contributed by atoms with Gasteiger partial charge in [-0.05, 0) is 36.4 Å². The third-order valence-electron chi connectivity index (χ3n) is 3.65. The first-order valence-electron chi connectivity index (χ1n) is 7.00. The van der Waals surface area contributed by atoms with Crippen molar-refractivity contribution in [2.75, 3.05) is 12.4 Å². The molecule has 3 nitrogen and oxygen atoms in total. The number of carbonyl (C=O) groups is 1. The fraction of sp³-hybridized carbons (Fsp3) is 0.312. The van der Waals surface area contributed by atoms with Crippen molar-refractivity contribution in [1.82, 2.24) is 4.90 Å². The lowest BCUT2D eigenvalue weighted by molar-refractivity contribution is 0.0732. The van der Waals surface area contributed by atoms with Gasteiger partial charge in [0.25, 0.3) is 5.91 Å². The van der Waals surface area contributed by atoms with Crippen molar-refractivity contribution in [1.29, 1.82) is 0 Å². The summed E-state index contributed by atoms with van der Waals surface area (Å²) in [6, 6.07) is 8.92. The molecule has 5 heteroatoms. The second kappa shape index (κ2) is 5.85. The van der Waals surface area contributed by atoms with Crippen molar-refractivity contribution in [2.45, 2.75) is 25.4 Å². The number of halogens is 1. The van der Waals surface area contributed by atoms with Gasteiger partial charge in [-0.25, -0.2) is 4.39 Å². The summed E-state index contributed by atoms with van der Waals surface area (Å²) in [4.78, 5) is 15.8. The smallest absolute Gasteiger partial charge is 0.256 e. The topological polar surface area (TPSA) is 32.3 Å². The van der Waals surface area contributed by atoms with Gasteiger partial charge in [-0.2, -0.15) is 0 Å². The Kier molecular flexibility index (Phi) is 3.92. The second-order valence-electron chi connectivity index (χ2n) is 5.16. The number of benzene rings is 1. The van der Waals surface area contributed by atoms with Gasteiger partial charge in [-0.15, -0.1) is 11.3 Å². The van der Waals surface area contributed by atoms with Gasteiger partial charge in [0.15, 0.2) is 0 Å². The molecule has 0 spiro atoms. The Bertz CT molecular complexity index is 638. The molecular formula is C16H17FN2OS. The van der Waals surface area contributed by atoms with E-state index in [1.807, 2.05) is 22.4 Å². The van der Waals surface area contributed by atoms with Crippen LogP contribution in [0.2, 0.25) is 0 Å². The molecule has 1 heterocycles. The van der Waals surface area contributed by atoms with E-state index in [1.54, 1.807) is 30.5 Å². The number of hydrogen-bond donors (Lipinski definition) is 1. The molecule has 0 bridgehead atoms. The molecule has 1 N–H and O–H groups in total. The molecule has 1 aromatic carbocycles. The van der Waals surface area contributed by atoms with Crippen LogP contribution in [0.5, 0.6) is 0 Å². The van der Waals surface area contributed by atoms with Gasteiger partial charge < -0.3 is 10.2 Å². The Morgan fingerprint density at radius 3 is 2.81 bits per heavy atom. The quantitative estimate of drug-likeness (QED) is 0.913. The first-order valence-corrected chi connectivity index (χ1v) is 7.88. The number of hydrogen-bond acceptors (Lipinski definition) is 3. The Balaban J connectivity index is 1.89. The van der Waals surface area contributed by atoms with Gasteiger partial charge in [0.2, 0.25) is 0 Å². The van der Waals surface area contributed by atoms with Gasteiger partial charge in [0.05, 0.1) is 17.8 Å². The predicted octanol–water partition coefficient (Wildman–Crippen LogP) is 3.73. The largest absolute Gasteiger partial charge is 0.385 e. The summed E-state index contributed by atoms with van der Waals surface area (Å²) >= 11 is 1.64. The lowest BCUT2D eigenvalue weighted by Gasteiger charge is -2.23. The van der Waals surface area contributed by atoms with Crippen LogP contribution in [0.4, 0.5) is 10.1 Å². The van der Waals surface area contributed by atoms with E-state index in [2.05, 4.69) is 5.32 Å². The molecule has 1 aromatic heterocycles. The summed E-state index contributed by atoms with van der Waals surface area (Å²) in [5, 5.41) is 4.80. The zero-order chi connectivity index (χ0) is 14.8. The third-order valence-corrected chi connectivity index (χ3v) is 4.51. The molecule has 21 heavy (non-hydrogen) atoms. The van der Waals surface area contributed by atoms with Crippen molar-refractivity contribution in [3.05, 3.63) is 52.0 Å². The zero-order valence-corrected chi connectivity index (χ0v) is 12.6. The molecule has 1 aliphatic carbocycles. The SMILES string of the molecule is CNc1c(F)cccc1C(=O)N(Cc1cccs1)C1CC1. The molecular weight excluding hydrogens is 287 g/mol. The van der Waals surface area contributed by atoms with Crippen LogP contribution in [0.15, 0.2) is 35.7 Å². The average Bonchev–Trinajstić information content (AvgIpc) is 3.20. The van der Waals surface area contributed by atoms with Crippen LogP contribution in [0.25, 0.3) is 0 Å². The van der Waals surface area contributed by atoms with Crippen molar-refractivity contribution in [3.63, 3.8) is 0 Å². The summed E-state index contributed by atoms with van der Waals surface area (Å²) < 4.78 is 13.8. The molecule has 0 unspecified atom stereocenters. The summed E-state index contributed by atoms with van der Waals surface area (Å²) in [5.74, 6) is -0.495. The van der Waals surface area contributed by atoms with Crippen LogP contribution in [-0.2, 0) is 6.54 Å². The molecule has 1 fully saturated rings. The van der Waals surface area contributed by atoms with Crippen molar-refractivity contribution >= 4 is 22.9 Å². The van der Waals surface area contributed by atoms with Crippen LogP contribution in [0.3, 0.4) is 0 Å². The molecule has 0 radical (unpaired) electrons. The van der Waals surface area contributed by atoms with E-state index in [9.17, 15) is 9.18 Å². The molecule has 0 saturated heterocycles. The molecule has 2 aromatic rings. The summed E-state index contributed by atoms with van der Waals surface area (Å²) in [5.41, 5.74) is 0.681. The lowest BCUT2D eigenvalue weighted by atomic mass is 10.1. The van der Waals surface area contributed by atoms with E-state index in [4.69, 9.17) is 0 Å². The number of para-hydroxylation sites is 1. The number of nitrogens with one attached hydrogen (secondary N) is 1. The molecule has 1 aliphatic rings. The molecule has 0 atom stereocenters. The fourth-order valence-electron chi connectivity index (χ4n) is 2.43. The predicted molar refractivity (Wildman–Crippen MR) is 83.2 cm³/mol. The number of thiophene rings is 1. The van der Waals surface area contributed by atoms with Crippen LogP contribution < -0.4 is 5.32 Å². The van der Waals surface area contributed by atoms with E-state index in [-0.39, 0.29) is 17.6 Å². The highest BCUT2D eigenvalue weighted by atomic mass is 32.1. The molecule has 0 aliphatic heterocycles. The summed E-state index contributed by atoms with van der Waals surface area (Å²) in [7, 11) is 1.63. The standard InChI is InChI=1S/C16H17FN2OS/c1-18-15-13(5-2-6-14(15)17)16(20)19(11-7-8-11)10-12-4-3-9-21-12/h2-6,9,11,18H,7-8,10H2,1H3. The van der Waals surface area contributed by atoms with Crippen molar-refractivity contribution < 1.29 is 9.18 Å². The normalized spacial score (nSPS) is 14.0. The van der Waals surface area contributed by atoms with Gasteiger partial charge in [0, 0.05) is 18.0 Å². The summed E-state index contributed by atoms with van der Waals surface area (Å²) in [6.07, 6.45) is 2.06.